The highest BCUT2D eigenvalue weighted by Crippen LogP contribution is 2.24. The molecule has 2 aliphatic rings. The van der Waals surface area contributed by atoms with Crippen LogP contribution in [0.5, 0.6) is 0 Å². The Morgan fingerprint density at radius 1 is 1.17 bits per heavy atom. The molecule has 0 saturated carbocycles. The quantitative estimate of drug-likeness (QED) is 0.734. The third-order valence-corrected chi connectivity index (χ3v) is 8.09. The van der Waals surface area contributed by atoms with Gasteiger partial charge in [-0.25, -0.2) is 8.42 Å². The molecule has 2 amide bonds. The highest BCUT2D eigenvalue weighted by atomic mass is 32.2. The monoisotopic (exact) mass is 448 g/mol. The fourth-order valence-electron chi connectivity index (χ4n) is 3.89. The molecule has 3 heterocycles. The summed E-state index contributed by atoms with van der Waals surface area (Å²) in [5, 5.41) is 4.65. The SMILES string of the molecule is O=C(Nc1ccc(C(=O)N(C[C@@H]2CCCO2)[C@@H]2CCS(=O)(=O)C2)cc1)c1cccs1. The van der Waals surface area contributed by atoms with Gasteiger partial charge < -0.3 is 15.0 Å². The second-order valence-corrected chi connectivity index (χ2v) is 10.8. The second-order valence-electron chi connectivity index (χ2n) is 7.66. The van der Waals surface area contributed by atoms with Crippen LogP contribution in [0.3, 0.4) is 0 Å². The lowest BCUT2D eigenvalue weighted by molar-refractivity contribution is 0.0441. The van der Waals surface area contributed by atoms with Gasteiger partial charge in [-0.1, -0.05) is 6.07 Å². The molecule has 0 aliphatic carbocycles. The molecule has 2 atom stereocenters. The Morgan fingerprint density at radius 3 is 2.57 bits per heavy atom. The Kier molecular flexibility index (Phi) is 6.21. The summed E-state index contributed by atoms with van der Waals surface area (Å²) in [6.45, 7) is 1.07. The number of ether oxygens (including phenoxy) is 1. The summed E-state index contributed by atoms with van der Waals surface area (Å²) in [4.78, 5) is 27.7. The van der Waals surface area contributed by atoms with Crippen LogP contribution in [0.25, 0.3) is 0 Å². The van der Waals surface area contributed by atoms with Gasteiger partial charge in [0.05, 0.1) is 22.5 Å². The van der Waals surface area contributed by atoms with Crippen LogP contribution in [0.4, 0.5) is 5.69 Å². The van der Waals surface area contributed by atoms with E-state index in [1.165, 1.54) is 11.3 Å². The summed E-state index contributed by atoms with van der Waals surface area (Å²) >= 11 is 1.36. The Morgan fingerprint density at radius 2 is 1.97 bits per heavy atom. The van der Waals surface area contributed by atoms with E-state index in [4.69, 9.17) is 4.74 Å². The van der Waals surface area contributed by atoms with E-state index in [2.05, 4.69) is 5.32 Å². The van der Waals surface area contributed by atoms with Crippen molar-refractivity contribution in [3.8, 4) is 0 Å². The summed E-state index contributed by atoms with van der Waals surface area (Å²) < 4.78 is 29.6. The minimum absolute atomic E-state index is 0.000411. The Labute approximate surface area is 180 Å². The molecule has 1 aromatic carbocycles. The van der Waals surface area contributed by atoms with Gasteiger partial charge >= 0.3 is 0 Å². The number of carbonyl (C=O) groups is 2. The lowest BCUT2D eigenvalue weighted by atomic mass is 10.1. The third-order valence-electron chi connectivity index (χ3n) is 5.47. The molecule has 2 fully saturated rings. The molecule has 160 valence electrons. The first-order valence-electron chi connectivity index (χ1n) is 9.99. The fraction of sp³-hybridized carbons (Fsp3) is 0.429. The maximum atomic E-state index is 13.2. The maximum absolute atomic E-state index is 13.2. The van der Waals surface area contributed by atoms with E-state index in [0.717, 1.165) is 12.8 Å². The highest BCUT2D eigenvalue weighted by Gasteiger charge is 2.36. The van der Waals surface area contributed by atoms with Crippen molar-refractivity contribution in [1.82, 2.24) is 4.90 Å². The van der Waals surface area contributed by atoms with Crippen molar-refractivity contribution in [2.75, 3.05) is 30.0 Å². The number of nitrogens with zero attached hydrogens (tertiary/aromatic N) is 1. The largest absolute Gasteiger partial charge is 0.376 e. The molecule has 9 heteroatoms. The first-order chi connectivity index (χ1) is 14.4. The van der Waals surface area contributed by atoms with E-state index in [1.807, 2.05) is 11.4 Å². The van der Waals surface area contributed by atoms with Gasteiger partial charge in [-0.2, -0.15) is 0 Å². The van der Waals surface area contributed by atoms with Gasteiger partial charge in [-0.05, 0) is 55.0 Å². The van der Waals surface area contributed by atoms with Gasteiger partial charge in [0.25, 0.3) is 11.8 Å². The van der Waals surface area contributed by atoms with Crippen LogP contribution >= 0.6 is 11.3 Å². The van der Waals surface area contributed by atoms with Gasteiger partial charge in [0.15, 0.2) is 9.84 Å². The molecule has 0 spiro atoms. The molecular weight excluding hydrogens is 424 g/mol. The molecule has 7 nitrogen and oxygen atoms in total. The van der Waals surface area contributed by atoms with E-state index in [9.17, 15) is 18.0 Å². The molecular formula is C21H24N2O5S2. The normalized spacial score (nSPS) is 22.7. The topological polar surface area (TPSA) is 92.8 Å². The predicted octanol–water partition coefficient (Wildman–Crippen LogP) is 2.81. The first kappa shape index (κ1) is 21.0. The average molecular weight is 449 g/mol. The predicted molar refractivity (Wildman–Crippen MR) is 116 cm³/mol. The number of benzene rings is 1. The van der Waals surface area contributed by atoms with Gasteiger partial charge in [0.1, 0.15) is 0 Å². The van der Waals surface area contributed by atoms with Crippen LogP contribution in [-0.2, 0) is 14.6 Å². The zero-order chi connectivity index (χ0) is 21.1. The molecule has 1 aromatic heterocycles. The highest BCUT2D eigenvalue weighted by molar-refractivity contribution is 7.91. The standard InChI is InChI=1S/C21H24N2O5S2/c24-20(19-4-2-11-29-19)22-16-7-5-15(6-8-16)21(25)23(13-18-3-1-10-28-18)17-9-12-30(26,27)14-17/h2,4-8,11,17-18H,1,3,9-10,12-14H2,(H,22,24)/t17-,18+/m1/s1. The Balaban J connectivity index is 1.48. The second kappa shape index (κ2) is 8.87. The summed E-state index contributed by atoms with van der Waals surface area (Å²) in [5.41, 5.74) is 1.06. The van der Waals surface area contributed by atoms with Gasteiger partial charge in [-0.15, -0.1) is 11.3 Å². The number of carbonyl (C=O) groups excluding carboxylic acids is 2. The number of nitrogens with one attached hydrogen (secondary N) is 1. The number of hydrogen-bond acceptors (Lipinski definition) is 6. The zero-order valence-corrected chi connectivity index (χ0v) is 18.1. The van der Waals surface area contributed by atoms with Crippen LogP contribution in [0.1, 0.15) is 39.3 Å². The van der Waals surface area contributed by atoms with Crippen LogP contribution < -0.4 is 5.32 Å². The summed E-state index contributed by atoms with van der Waals surface area (Å²) in [5.74, 6) is -0.287. The van der Waals surface area contributed by atoms with Crippen molar-refractivity contribution in [2.45, 2.75) is 31.4 Å². The number of sulfone groups is 1. The van der Waals surface area contributed by atoms with Gasteiger partial charge in [0, 0.05) is 30.4 Å². The molecule has 30 heavy (non-hydrogen) atoms. The molecule has 0 radical (unpaired) electrons. The van der Waals surface area contributed by atoms with Gasteiger partial charge in [0.2, 0.25) is 0 Å². The first-order valence-corrected chi connectivity index (χ1v) is 12.7. The number of hydrogen-bond donors (Lipinski definition) is 1. The number of anilines is 1. The van der Waals surface area contributed by atoms with Crippen LogP contribution in [0.15, 0.2) is 41.8 Å². The van der Waals surface area contributed by atoms with E-state index >= 15 is 0 Å². The van der Waals surface area contributed by atoms with Gasteiger partial charge in [-0.3, -0.25) is 9.59 Å². The van der Waals surface area contributed by atoms with E-state index < -0.39 is 9.84 Å². The summed E-state index contributed by atoms with van der Waals surface area (Å²) in [6.07, 6.45) is 2.22. The average Bonchev–Trinajstić information content (AvgIpc) is 3.48. The number of rotatable bonds is 6. The van der Waals surface area contributed by atoms with Crippen molar-refractivity contribution in [1.29, 1.82) is 0 Å². The molecule has 1 N–H and O–H groups in total. The van der Waals surface area contributed by atoms with Crippen molar-refractivity contribution in [2.24, 2.45) is 0 Å². The molecule has 0 bridgehead atoms. The zero-order valence-electron chi connectivity index (χ0n) is 16.5. The van der Waals surface area contributed by atoms with Crippen molar-refractivity contribution in [3.63, 3.8) is 0 Å². The Hall–Kier alpha value is -2.23. The van der Waals surface area contributed by atoms with E-state index in [-0.39, 0.29) is 35.5 Å². The lowest BCUT2D eigenvalue weighted by Gasteiger charge is -2.30. The van der Waals surface area contributed by atoms with Crippen molar-refractivity contribution in [3.05, 3.63) is 52.2 Å². The van der Waals surface area contributed by atoms with E-state index in [0.29, 0.717) is 35.7 Å². The number of amides is 2. The van der Waals surface area contributed by atoms with E-state index in [1.54, 1.807) is 35.2 Å². The van der Waals surface area contributed by atoms with Crippen LogP contribution in [0, 0.1) is 0 Å². The summed E-state index contributed by atoms with van der Waals surface area (Å²) in [7, 11) is -3.11. The molecule has 4 rings (SSSR count). The maximum Gasteiger partial charge on any atom is 0.265 e. The molecule has 0 unspecified atom stereocenters. The van der Waals surface area contributed by atoms with Crippen molar-refractivity contribution < 1.29 is 22.7 Å². The third kappa shape index (κ3) is 4.91. The van der Waals surface area contributed by atoms with Crippen molar-refractivity contribution >= 4 is 38.7 Å². The fourth-order valence-corrected chi connectivity index (χ4v) is 6.24. The minimum atomic E-state index is -3.11. The molecule has 2 saturated heterocycles. The van der Waals surface area contributed by atoms with Crippen LogP contribution in [-0.4, -0.2) is 61.9 Å². The Bertz CT molecular complexity index is 997. The smallest absolute Gasteiger partial charge is 0.265 e. The minimum Gasteiger partial charge on any atom is -0.376 e. The molecule has 2 aliphatic heterocycles. The van der Waals surface area contributed by atoms with Crippen LogP contribution in [0.2, 0.25) is 0 Å². The summed E-state index contributed by atoms with van der Waals surface area (Å²) in [6, 6.07) is 9.94. The molecule has 2 aromatic rings. The lowest BCUT2D eigenvalue weighted by Crippen LogP contribution is -2.45. The number of thiophene rings is 1.